The SMILES string of the molecule is Cc1cc(Br)cc(Cl)c1OCC(=O)Nc1cc(Cl)ccc1F. The fourth-order valence-electron chi connectivity index (χ4n) is 1.79. The van der Waals surface area contributed by atoms with E-state index in [-0.39, 0.29) is 12.3 Å². The second-order valence-electron chi connectivity index (χ2n) is 4.49. The lowest BCUT2D eigenvalue weighted by atomic mass is 10.2. The summed E-state index contributed by atoms with van der Waals surface area (Å²) >= 11 is 15.1. The molecule has 0 aliphatic carbocycles. The number of carbonyl (C=O) groups excluding carboxylic acids is 1. The molecule has 0 atom stereocenters. The van der Waals surface area contributed by atoms with Crippen LogP contribution < -0.4 is 10.1 Å². The quantitative estimate of drug-likeness (QED) is 0.755. The highest BCUT2D eigenvalue weighted by Crippen LogP contribution is 2.32. The second-order valence-corrected chi connectivity index (χ2v) is 6.25. The van der Waals surface area contributed by atoms with Crippen molar-refractivity contribution < 1.29 is 13.9 Å². The fraction of sp³-hybridized carbons (Fsp3) is 0.133. The lowest BCUT2D eigenvalue weighted by Gasteiger charge is -2.12. The maximum absolute atomic E-state index is 13.5. The molecule has 0 radical (unpaired) electrons. The minimum absolute atomic E-state index is 0.000255. The summed E-state index contributed by atoms with van der Waals surface area (Å²) in [6.07, 6.45) is 0. The van der Waals surface area contributed by atoms with E-state index in [4.69, 9.17) is 27.9 Å². The average Bonchev–Trinajstić information content (AvgIpc) is 2.41. The Hall–Kier alpha value is -1.30. The molecule has 3 nitrogen and oxygen atoms in total. The van der Waals surface area contributed by atoms with Gasteiger partial charge in [0.2, 0.25) is 0 Å². The number of anilines is 1. The number of amides is 1. The topological polar surface area (TPSA) is 38.3 Å². The van der Waals surface area contributed by atoms with E-state index < -0.39 is 11.7 Å². The summed E-state index contributed by atoms with van der Waals surface area (Å²) in [5, 5.41) is 3.10. The van der Waals surface area contributed by atoms with E-state index in [9.17, 15) is 9.18 Å². The van der Waals surface area contributed by atoms with Gasteiger partial charge >= 0.3 is 0 Å². The van der Waals surface area contributed by atoms with Gasteiger partial charge in [0.05, 0.1) is 10.7 Å². The van der Waals surface area contributed by atoms with E-state index in [1.807, 2.05) is 6.07 Å². The molecule has 0 saturated carbocycles. The zero-order chi connectivity index (χ0) is 16.3. The van der Waals surface area contributed by atoms with Gasteiger partial charge in [-0.2, -0.15) is 0 Å². The first kappa shape index (κ1) is 17.1. The predicted molar refractivity (Wildman–Crippen MR) is 89.4 cm³/mol. The number of nitrogens with one attached hydrogen (secondary N) is 1. The maximum atomic E-state index is 13.5. The Morgan fingerprint density at radius 3 is 2.73 bits per heavy atom. The molecule has 0 aromatic heterocycles. The van der Waals surface area contributed by atoms with Crippen molar-refractivity contribution in [2.24, 2.45) is 0 Å². The lowest BCUT2D eigenvalue weighted by Crippen LogP contribution is -2.21. The fourth-order valence-corrected chi connectivity index (χ4v) is 2.99. The Labute approximate surface area is 145 Å². The van der Waals surface area contributed by atoms with E-state index in [1.54, 1.807) is 13.0 Å². The number of rotatable bonds is 4. The number of carbonyl (C=O) groups is 1. The third-order valence-electron chi connectivity index (χ3n) is 2.74. The second kappa shape index (κ2) is 7.31. The van der Waals surface area contributed by atoms with Crippen LogP contribution in [0.4, 0.5) is 10.1 Å². The number of ether oxygens (including phenoxy) is 1. The molecule has 2 aromatic carbocycles. The van der Waals surface area contributed by atoms with Crippen LogP contribution in [0.15, 0.2) is 34.8 Å². The van der Waals surface area contributed by atoms with Crippen molar-refractivity contribution in [2.45, 2.75) is 6.92 Å². The molecule has 1 N–H and O–H groups in total. The third-order valence-corrected chi connectivity index (χ3v) is 3.72. The van der Waals surface area contributed by atoms with E-state index in [0.29, 0.717) is 15.8 Å². The molecule has 0 aliphatic rings. The molecule has 7 heteroatoms. The summed E-state index contributed by atoms with van der Waals surface area (Å²) in [7, 11) is 0. The standard InChI is InChI=1S/C15H11BrCl2FNO2/c1-8-4-9(16)5-11(18)15(8)22-7-14(21)20-13-6-10(17)2-3-12(13)19/h2-6H,7H2,1H3,(H,20,21). The number of aryl methyl sites for hydroxylation is 1. The number of benzene rings is 2. The van der Waals surface area contributed by atoms with Crippen molar-refractivity contribution >= 4 is 50.7 Å². The van der Waals surface area contributed by atoms with Crippen LogP contribution in [0.5, 0.6) is 5.75 Å². The highest BCUT2D eigenvalue weighted by atomic mass is 79.9. The van der Waals surface area contributed by atoms with Crippen molar-refractivity contribution in [3.63, 3.8) is 0 Å². The van der Waals surface area contributed by atoms with Crippen LogP contribution in [0.2, 0.25) is 10.0 Å². The van der Waals surface area contributed by atoms with Crippen molar-refractivity contribution in [1.29, 1.82) is 0 Å². The van der Waals surface area contributed by atoms with Gasteiger partial charge < -0.3 is 10.1 Å². The molecule has 1 amide bonds. The molecular formula is C15H11BrCl2FNO2. The van der Waals surface area contributed by atoms with Crippen LogP contribution in [0.1, 0.15) is 5.56 Å². The largest absolute Gasteiger partial charge is 0.482 e. The summed E-state index contributed by atoms with van der Waals surface area (Å²) in [5.74, 6) is -0.679. The molecule has 22 heavy (non-hydrogen) atoms. The number of halogens is 4. The predicted octanol–water partition coefficient (Wildman–Crippen LogP) is 5.22. The zero-order valence-electron chi connectivity index (χ0n) is 11.4. The minimum Gasteiger partial charge on any atom is -0.482 e. The van der Waals surface area contributed by atoms with Crippen molar-refractivity contribution in [1.82, 2.24) is 0 Å². The Balaban J connectivity index is 2.03. The van der Waals surface area contributed by atoms with Gasteiger partial charge in [0.15, 0.2) is 6.61 Å². The molecule has 0 saturated heterocycles. The molecule has 0 aliphatic heterocycles. The van der Waals surface area contributed by atoms with Gasteiger partial charge in [-0.05, 0) is 42.8 Å². The van der Waals surface area contributed by atoms with Crippen LogP contribution >= 0.6 is 39.1 Å². The summed E-state index contributed by atoms with van der Waals surface area (Å²) in [6.45, 7) is 1.51. The molecule has 0 fully saturated rings. The van der Waals surface area contributed by atoms with Crippen LogP contribution in [-0.4, -0.2) is 12.5 Å². The minimum atomic E-state index is -0.574. The van der Waals surface area contributed by atoms with E-state index in [2.05, 4.69) is 21.2 Å². The van der Waals surface area contributed by atoms with Crippen molar-refractivity contribution in [3.8, 4) is 5.75 Å². The van der Waals surface area contributed by atoms with Crippen LogP contribution in [0, 0.1) is 12.7 Å². The first-order valence-corrected chi connectivity index (χ1v) is 7.75. The molecule has 0 spiro atoms. The van der Waals surface area contributed by atoms with Gasteiger partial charge in [-0.15, -0.1) is 0 Å². The highest BCUT2D eigenvalue weighted by molar-refractivity contribution is 9.10. The Morgan fingerprint density at radius 2 is 2.05 bits per heavy atom. The molecule has 0 bridgehead atoms. The molecule has 2 aromatic rings. The smallest absolute Gasteiger partial charge is 0.262 e. The van der Waals surface area contributed by atoms with Gasteiger partial charge in [0.1, 0.15) is 11.6 Å². The van der Waals surface area contributed by atoms with Crippen molar-refractivity contribution in [2.75, 3.05) is 11.9 Å². The van der Waals surface area contributed by atoms with Crippen molar-refractivity contribution in [3.05, 3.63) is 56.2 Å². The summed E-state index contributed by atoms with van der Waals surface area (Å²) < 4.78 is 19.7. The van der Waals surface area contributed by atoms with E-state index >= 15 is 0 Å². The van der Waals surface area contributed by atoms with E-state index in [1.165, 1.54) is 18.2 Å². The monoisotopic (exact) mass is 405 g/mol. The van der Waals surface area contributed by atoms with Crippen LogP contribution in [0.3, 0.4) is 0 Å². The maximum Gasteiger partial charge on any atom is 0.262 e. The van der Waals surface area contributed by atoms with Gasteiger partial charge in [-0.1, -0.05) is 39.1 Å². The van der Waals surface area contributed by atoms with Gasteiger partial charge in [0, 0.05) is 9.50 Å². The molecule has 116 valence electrons. The molecule has 0 unspecified atom stereocenters. The molecule has 0 heterocycles. The summed E-state index contributed by atoms with van der Waals surface area (Å²) in [5.41, 5.74) is 0.779. The van der Waals surface area contributed by atoms with E-state index in [0.717, 1.165) is 10.0 Å². The number of hydrogen-bond acceptors (Lipinski definition) is 2. The average molecular weight is 407 g/mol. The first-order valence-electron chi connectivity index (χ1n) is 6.20. The zero-order valence-corrected chi connectivity index (χ0v) is 14.5. The normalized spacial score (nSPS) is 10.4. The van der Waals surface area contributed by atoms with Gasteiger partial charge in [0.25, 0.3) is 5.91 Å². The van der Waals surface area contributed by atoms with Crippen LogP contribution in [0.25, 0.3) is 0 Å². The molecular weight excluding hydrogens is 396 g/mol. The Kier molecular flexibility index (Phi) is 5.67. The Bertz CT molecular complexity index is 702. The third kappa shape index (κ3) is 4.35. The number of hydrogen-bond donors (Lipinski definition) is 1. The molecule has 2 rings (SSSR count). The summed E-state index contributed by atoms with van der Waals surface area (Å²) in [6, 6.07) is 7.38. The first-order chi connectivity index (χ1) is 10.4. The lowest BCUT2D eigenvalue weighted by molar-refractivity contribution is -0.118. The van der Waals surface area contributed by atoms with Gasteiger partial charge in [-0.3, -0.25) is 4.79 Å². The highest BCUT2D eigenvalue weighted by Gasteiger charge is 2.12. The van der Waals surface area contributed by atoms with Crippen LogP contribution in [-0.2, 0) is 4.79 Å². The van der Waals surface area contributed by atoms with Gasteiger partial charge in [-0.25, -0.2) is 4.39 Å². The Morgan fingerprint density at radius 1 is 1.32 bits per heavy atom. The summed E-state index contributed by atoms with van der Waals surface area (Å²) in [4.78, 5) is 11.8.